The summed E-state index contributed by atoms with van der Waals surface area (Å²) in [7, 11) is 1.72. The summed E-state index contributed by atoms with van der Waals surface area (Å²) in [5.41, 5.74) is 5.14. The normalized spacial score (nSPS) is 19.5. The molecular formula is C12H18N4O3. The van der Waals surface area contributed by atoms with Crippen molar-refractivity contribution in [2.75, 3.05) is 0 Å². The molecule has 0 spiro atoms. The molecule has 1 fully saturated rings. The SMILES string of the molecule is Cn1cc(C(N)C(=O)NC(C)(C(=O)O)C2CC2)cn1. The molecule has 19 heavy (non-hydrogen) atoms. The van der Waals surface area contributed by atoms with Crippen LogP contribution in [0, 0.1) is 5.92 Å². The third kappa shape index (κ3) is 2.60. The zero-order valence-corrected chi connectivity index (χ0v) is 11.0. The average Bonchev–Trinajstić information content (AvgIpc) is 3.11. The molecule has 7 nitrogen and oxygen atoms in total. The van der Waals surface area contributed by atoms with E-state index in [1.165, 1.54) is 13.1 Å². The monoisotopic (exact) mass is 266 g/mol. The molecule has 1 amide bonds. The number of rotatable bonds is 5. The van der Waals surface area contributed by atoms with Crippen molar-refractivity contribution in [1.29, 1.82) is 0 Å². The van der Waals surface area contributed by atoms with Crippen molar-refractivity contribution < 1.29 is 14.7 Å². The zero-order valence-electron chi connectivity index (χ0n) is 11.0. The van der Waals surface area contributed by atoms with Gasteiger partial charge in [-0.25, -0.2) is 4.79 Å². The summed E-state index contributed by atoms with van der Waals surface area (Å²) < 4.78 is 1.54. The first-order valence-electron chi connectivity index (χ1n) is 6.14. The highest BCUT2D eigenvalue weighted by Gasteiger charge is 2.49. The molecule has 0 saturated heterocycles. The van der Waals surface area contributed by atoms with Crippen molar-refractivity contribution in [3.8, 4) is 0 Å². The first-order valence-corrected chi connectivity index (χ1v) is 6.14. The topological polar surface area (TPSA) is 110 Å². The lowest BCUT2D eigenvalue weighted by atomic mass is 9.95. The second kappa shape index (κ2) is 4.65. The molecule has 0 bridgehead atoms. The number of hydrogen-bond acceptors (Lipinski definition) is 4. The molecule has 104 valence electrons. The van der Waals surface area contributed by atoms with Gasteiger partial charge in [0.05, 0.1) is 6.20 Å². The van der Waals surface area contributed by atoms with Crippen LogP contribution in [0.3, 0.4) is 0 Å². The maximum atomic E-state index is 12.1. The number of amides is 1. The highest BCUT2D eigenvalue weighted by Crippen LogP contribution is 2.39. The van der Waals surface area contributed by atoms with E-state index < -0.39 is 23.5 Å². The van der Waals surface area contributed by atoms with Gasteiger partial charge in [0, 0.05) is 18.8 Å². The van der Waals surface area contributed by atoms with Gasteiger partial charge < -0.3 is 16.2 Å². The Labute approximate surface area is 110 Å². The van der Waals surface area contributed by atoms with Gasteiger partial charge in [-0.2, -0.15) is 5.10 Å². The van der Waals surface area contributed by atoms with Gasteiger partial charge in [0.15, 0.2) is 0 Å². The summed E-state index contributed by atoms with van der Waals surface area (Å²) in [6, 6.07) is -0.911. The lowest BCUT2D eigenvalue weighted by Gasteiger charge is -2.27. The number of aryl methyl sites for hydroxylation is 1. The quantitative estimate of drug-likeness (QED) is 0.683. The Morgan fingerprint density at radius 2 is 2.26 bits per heavy atom. The van der Waals surface area contributed by atoms with E-state index in [-0.39, 0.29) is 5.92 Å². The zero-order chi connectivity index (χ0) is 14.2. The van der Waals surface area contributed by atoms with Crippen LogP contribution < -0.4 is 11.1 Å². The van der Waals surface area contributed by atoms with Gasteiger partial charge in [0.2, 0.25) is 5.91 Å². The summed E-state index contributed by atoms with van der Waals surface area (Å²) in [6.45, 7) is 1.53. The first kappa shape index (κ1) is 13.5. The third-order valence-electron chi connectivity index (χ3n) is 3.59. The van der Waals surface area contributed by atoms with Crippen LogP contribution in [0.5, 0.6) is 0 Å². The molecule has 7 heteroatoms. The number of carbonyl (C=O) groups is 2. The maximum Gasteiger partial charge on any atom is 0.329 e. The number of hydrogen-bond donors (Lipinski definition) is 3. The second-order valence-electron chi connectivity index (χ2n) is 5.20. The van der Waals surface area contributed by atoms with Crippen molar-refractivity contribution in [1.82, 2.24) is 15.1 Å². The predicted octanol–water partition coefficient (Wildman–Crippen LogP) is -0.211. The largest absolute Gasteiger partial charge is 0.480 e. The van der Waals surface area contributed by atoms with Crippen LogP contribution >= 0.6 is 0 Å². The smallest absolute Gasteiger partial charge is 0.329 e. The lowest BCUT2D eigenvalue weighted by Crippen LogP contribution is -2.56. The minimum Gasteiger partial charge on any atom is -0.480 e. The highest BCUT2D eigenvalue weighted by atomic mass is 16.4. The molecule has 1 aliphatic carbocycles. The van der Waals surface area contributed by atoms with Crippen LogP contribution in [0.15, 0.2) is 12.4 Å². The number of aromatic nitrogens is 2. The molecule has 0 aliphatic heterocycles. The molecule has 4 N–H and O–H groups in total. The van der Waals surface area contributed by atoms with Crippen LogP contribution in [0.4, 0.5) is 0 Å². The van der Waals surface area contributed by atoms with Crippen molar-refractivity contribution >= 4 is 11.9 Å². The van der Waals surface area contributed by atoms with Gasteiger partial charge in [0.1, 0.15) is 11.6 Å². The van der Waals surface area contributed by atoms with Gasteiger partial charge in [-0.3, -0.25) is 9.48 Å². The summed E-state index contributed by atoms with van der Waals surface area (Å²) in [5, 5.41) is 15.8. The van der Waals surface area contributed by atoms with Crippen LogP contribution in [0.1, 0.15) is 31.4 Å². The Kier molecular flexibility index (Phi) is 3.32. The Balaban J connectivity index is 2.09. The molecule has 1 aromatic rings. The Morgan fingerprint density at radius 1 is 1.63 bits per heavy atom. The molecule has 0 radical (unpaired) electrons. The number of carboxylic acid groups (broad SMARTS) is 1. The number of nitrogens with one attached hydrogen (secondary N) is 1. The van der Waals surface area contributed by atoms with Crippen molar-refractivity contribution in [3.63, 3.8) is 0 Å². The summed E-state index contributed by atoms with van der Waals surface area (Å²) >= 11 is 0. The van der Waals surface area contributed by atoms with Crippen LogP contribution in [0.2, 0.25) is 0 Å². The molecule has 2 unspecified atom stereocenters. The molecule has 1 heterocycles. The Hall–Kier alpha value is -1.89. The minimum absolute atomic E-state index is 0.0185. The van der Waals surface area contributed by atoms with Crippen molar-refractivity contribution in [2.24, 2.45) is 18.7 Å². The van der Waals surface area contributed by atoms with E-state index in [9.17, 15) is 14.7 Å². The van der Waals surface area contributed by atoms with Crippen LogP contribution in [-0.2, 0) is 16.6 Å². The number of nitrogens with zero attached hydrogens (tertiary/aromatic N) is 2. The van der Waals surface area contributed by atoms with E-state index in [2.05, 4.69) is 10.4 Å². The fourth-order valence-electron chi connectivity index (χ4n) is 2.08. The number of aliphatic carboxylic acids is 1. The maximum absolute atomic E-state index is 12.1. The molecule has 1 aromatic heterocycles. The third-order valence-corrected chi connectivity index (χ3v) is 3.59. The Morgan fingerprint density at radius 3 is 2.68 bits per heavy atom. The van der Waals surface area contributed by atoms with Gasteiger partial charge in [0.25, 0.3) is 0 Å². The van der Waals surface area contributed by atoms with Gasteiger partial charge in [-0.15, -0.1) is 0 Å². The molecule has 2 rings (SSSR count). The van der Waals surface area contributed by atoms with E-state index in [4.69, 9.17) is 5.73 Å². The number of nitrogens with two attached hydrogens (primary N) is 1. The lowest BCUT2D eigenvalue weighted by molar-refractivity contribution is -0.148. The fraction of sp³-hybridized carbons (Fsp3) is 0.583. The highest BCUT2D eigenvalue weighted by molar-refractivity contribution is 5.90. The van der Waals surface area contributed by atoms with E-state index >= 15 is 0 Å². The standard InChI is InChI=1S/C12H18N4O3/c1-12(11(18)19,8-3-4-8)15-10(17)9(13)7-5-14-16(2)6-7/h5-6,8-9H,3-4,13H2,1-2H3,(H,15,17)(H,18,19). The van der Waals surface area contributed by atoms with Crippen molar-refractivity contribution in [3.05, 3.63) is 18.0 Å². The van der Waals surface area contributed by atoms with Crippen molar-refractivity contribution in [2.45, 2.75) is 31.3 Å². The fourth-order valence-corrected chi connectivity index (χ4v) is 2.08. The summed E-state index contributed by atoms with van der Waals surface area (Å²) in [6.07, 6.45) is 4.76. The van der Waals surface area contributed by atoms with Gasteiger partial charge in [-0.05, 0) is 25.7 Å². The van der Waals surface area contributed by atoms with Gasteiger partial charge >= 0.3 is 5.97 Å². The van der Waals surface area contributed by atoms with Crippen LogP contribution in [0.25, 0.3) is 0 Å². The van der Waals surface area contributed by atoms with E-state index in [1.807, 2.05) is 0 Å². The van der Waals surface area contributed by atoms with E-state index in [0.717, 1.165) is 12.8 Å². The average molecular weight is 266 g/mol. The summed E-state index contributed by atoms with van der Waals surface area (Å²) in [5.74, 6) is -1.54. The minimum atomic E-state index is -1.24. The molecule has 1 aliphatic rings. The summed E-state index contributed by atoms with van der Waals surface area (Å²) in [4.78, 5) is 23.4. The number of carbonyl (C=O) groups excluding carboxylic acids is 1. The van der Waals surface area contributed by atoms with Gasteiger partial charge in [-0.1, -0.05) is 0 Å². The molecule has 1 saturated carbocycles. The second-order valence-corrected chi connectivity index (χ2v) is 5.20. The first-order chi connectivity index (χ1) is 8.84. The van der Waals surface area contributed by atoms with E-state index in [1.54, 1.807) is 17.9 Å². The molecule has 0 aromatic carbocycles. The number of carboxylic acids is 1. The van der Waals surface area contributed by atoms with Crippen LogP contribution in [-0.4, -0.2) is 32.3 Å². The van der Waals surface area contributed by atoms with E-state index in [0.29, 0.717) is 5.56 Å². The molecular weight excluding hydrogens is 248 g/mol. The molecule has 2 atom stereocenters. The predicted molar refractivity (Wildman–Crippen MR) is 67.0 cm³/mol. The Bertz CT molecular complexity index is 509.